The zero-order valence-electron chi connectivity index (χ0n) is 11.6. The number of hydrogen-bond donors (Lipinski definition) is 0. The maximum absolute atomic E-state index is 8.67. The van der Waals surface area contributed by atoms with E-state index in [9.17, 15) is 0 Å². The van der Waals surface area contributed by atoms with Gasteiger partial charge in [-0.25, -0.2) is 0 Å². The zero-order chi connectivity index (χ0) is 14.4. The predicted molar refractivity (Wildman–Crippen MR) is 83.8 cm³/mol. The molecule has 0 aromatic heterocycles. The van der Waals surface area contributed by atoms with Crippen molar-refractivity contribution in [2.24, 2.45) is 10.1 Å². The average Bonchev–Trinajstić information content (AvgIpc) is 2.88. The molecule has 0 spiro atoms. The summed E-state index contributed by atoms with van der Waals surface area (Å²) < 4.78 is 0.381. The van der Waals surface area contributed by atoms with E-state index in [-0.39, 0.29) is 0 Å². The zero-order valence-corrected chi connectivity index (χ0v) is 12.3. The first kappa shape index (κ1) is 14.7. The normalized spacial score (nSPS) is 20.8. The largest absolute Gasteiger partial charge is 0.224 e. The van der Waals surface area contributed by atoms with Gasteiger partial charge in [0.2, 0.25) is 6.34 Å². The molecule has 20 heavy (non-hydrogen) atoms. The van der Waals surface area contributed by atoms with Crippen LogP contribution in [0.25, 0.3) is 0 Å². The number of nitrogens with zero attached hydrogens (tertiary/aromatic N) is 4. The van der Waals surface area contributed by atoms with Crippen molar-refractivity contribution in [1.29, 1.82) is 5.26 Å². The number of rotatable bonds is 6. The number of unbranched alkanes of at least 4 members (excludes halogenated alkanes) is 1. The topological polar surface area (TPSA) is 48.5 Å². The maximum atomic E-state index is 8.67. The molecule has 0 saturated carbocycles. The van der Waals surface area contributed by atoms with Gasteiger partial charge in [0.15, 0.2) is 11.5 Å². The van der Waals surface area contributed by atoms with E-state index >= 15 is 0 Å². The van der Waals surface area contributed by atoms with Gasteiger partial charge in [-0.3, -0.25) is 0 Å². The van der Waals surface area contributed by atoms with Crippen molar-refractivity contribution >= 4 is 29.5 Å². The molecule has 1 aromatic rings. The predicted octanol–water partition coefficient (Wildman–Crippen LogP) is 4.11. The molecule has 0 aliphatic carbocycles. The molecule has 0 bridgehead atoms. The summed E-state index contributed by atoms with van der Waals surface area (Å²) in [7, 11) is 0. The van der Waals surface area contributed by atoms with Crippen LogP contribution in [0.15, 0.2) is 34.4 Å². The van der Waals surface area contributed by atoms with Crippen LogP contribution < -0.4 is 4.59 Å². The Hall–Kier alpha value is -1.70. The van der Waals surface area contributed by atoms with Crippen LogP contribution >= 0.6 is 11.6 Å². The van der Waals surface area contributed by atoms with Crippen LogP contribution in [-0.2, 0) is 0 Å². The molecule has 2 rings (SSSR count). The number of aliphatic imine (C=N–C) groups is 1. The summed E-state index contributed by atoms with van der Waals surface area (Å²) in [6.07, 6.45) is 5.08. The molecule has 0 radical (unpaired) electrons. The summed E-state index contributed by atoms with van der Waals surface area (Å²) >= 11 is 5.95. The van der Waals surface area contributed by atoms with E-state index < -0.39 is 0 Å². The fraction of sp³-hybridized carbons (Fsp3) is 0.400. The molecule has 1 heterocycles. The highest BCUT2D eigenvalue weighted by Gasteiger charge is 2.33. The van der Waals surface area contributed by atoms with Crippen molar-refractivity contribution in [3.63, 3.8) is 0 Å². The van der Waals surface area contributed by atoms with Gasteiger partial charge in [0.1, 0.15) is 6.54 Å². The molecule has 1 atom stereocenters. The van der Waals surface area contributed by atoms with Gasteiger partial charge < -0.3 is 0 Å². The van der Waals surface area contributed by atoms with E-state index in [4.69, 9.17) is 22.0 Å². The maximum Gasteiger partial charge on any atom is 0.224 e. The minimum atomic E-state index is 0.381. The fourth-order valence-electron chi connectivity index (χ4n) is 2.16. The molecular weight excluding hydrogens is 272 g/mol. The fourth-order valence-corrected chi connectivity index (χ4v) is 2.29. The van der Waals surface area contributed by atoms with E-state index in [1.54, 1.807) is 0 Å². The standard InChI is InChI=1S/C15H18ClN4/c1-2-3-11-20(14-8-6-13(16)7-9-14)12-18-15(19-20)5-4-10-17/h6-9,12H,2-5,11H2,1H3/q+1. The van der Waals surface area contributed by atoms with Crippen LogP contribution in [-0.4, -0.2) is 18.7 Å². The minimum Gasteiger partial charge on any atom is -0.198 e. The summed E-state index contributed by atoms with van der Waals surface area (Å²) in [6, 6.07) is 9.86. The van der Waals surface area contributed by atoms with Crippen molar-refractivity contribution in [2.45, 2.75) is 32.6 Å². The van der Waals surface area contributed by atoms with E-state index in [1.165, 1.54) is 0 Å². The van der Waals surface area contributed by atoms with Gasteiger partial charge in [-0.2, -0.15) is 10.3 Å². The summed E-state index contributed by atoms with van der Waals surface area (Å²) in [5, 5.41) is 14.1. The van der Waals surface area contributed by atoms with Crippen molar-refractivity contribution in [2.75, 3.05) is 6.54 Å². The molecule has 1 aliphatic heterocycles. The first-order valence-corrected chi connectivity index (χ1v) is 7.23. The van der Waals surface area contributed by atoms with E-state index in [2.05, 4.69) is 18.0 Å². The van der Waals surface area contributed by atoms with Crippen LogP contribution in [0.3, 0.4) is 0 Å². The number of amidine groups is 1. The minimum absolute atomic E-state index is 0.381. The Bertz CT molecular complexity index is 556. The second kappa shape index (κ2) is 6.65. The van der Waals surface area contributed by atoms with E-state index in [0.717, 1.165) is 30.9 Å². The summed E-state index contributed by atoms with van der Waals surface area (Å²) in [6.45, 7) is 3.03. The van der Waals surface area contributed by atoms with Crippen LogP contribution in [0.2, 0.25) is 5.02 Å². The van der Waals surface area contributed by atoms with Gasteiger partial charge in [0.25, 0.3) is 0 Å². The van der Waals surface area contributed by atoms with Crippen LogP contribution in [0.5, 0.6) is 0 Å². The second-order valence-electron chi connectivity index (χ2n) is 4.80. The third kappa shape index (κ3) is 3.24. The smallest absolute Gasteiger partial charge is 0.198 e. The van der Waals surface area contributed by atoms with Gasteiger partial charge in [0, 0.05) is 30.0 Å². The first-order valence-electron chi connectivity index (χ1n) is 6.85. The first-order chi connectivity index (χ1) is 9.70. The van der Waals surface area contributed by atoms with Gasteiger partial charge in [-0.05, 0) is 18.6 Å². The molecule has 0 saturated heterocycles. The average molecular weight is 290 g/mol. The SMILES string of the molecule is CCCC[N+]1(c2ccc(Cl)cc2)C=NC(CCC#N)=N1. The van der Waals surface area contributed by atoms with Gasteiger partial charge in [-0.15, -0.1) is 4.59 Å². The highest BCUT2D eigenvalue weighted by molar-refractivity contribution is 6.30. The molecule has 1 aromatic carbocycles. The Balaban J connectivity index is 2.28. The van der Waals surface area contributed by atoms with Crippen LogP contribution in [0, 0.1) is 11.3 Å². The molecular formula is C15H18ClN4+. The van der Waals surface area contributed by atoms with Crippen molar-refractivity contribution in [3.8, 4) is 6.07 Å². The Morgan fingerprint density at radius 1 is 1.30 bits per heavy atom. The van der Waals surface area contributed by atoms with Crippen molar-refractivity contribution < 1.29 is 0 Å². The lowest BCUT2D eigenvalue weighted by Gasteiger charge is -2.23. The second-order valence-corrected chi connectivity index (χ2v) is 5.24. The Labute approximate surface area is 124 Å². The summed E-state index contributed by atoms with van der Waals surface area (Å²) in [4.78, 5) is 4.39. The third-order valence-electron chi connectivity index (χ3n) is 3.28. The number of hydrogen-bond acceptors (Lipinski definition) is 3. The Morgan fingerprint density at radius 2 is 2.05 bits per heavy atom. The lowest BCUT2D eigenvalue weighted by Crippen LogP contribution is -2.41. The van der Waals surface area contributed by atoms with E-state index in [0.29, 0.717) is 22.5 Å². The van der Waals surface area contributed by atoms with Gasteiger partial charge >= 0.3 is 0 Å². The lowest BCUT2D eigenvalue weighted by atomic mass is 10.2. The van der Waals surface area contributed by atoms with Gasteiger partial charge in [-0.1, -0.05) is 30.0 Å². The third-order valence-corrected chi connectivity index (χ3v) is 3.53. The molecule has 1 aliphatic rings. The number of quaternary nitrogens is 1. The highest BCUT2D eigenvalue weighted by Crippen LogP contribution is 2.28. The number of benzene rings is 1. The van der Waals surface area contributed by atoms with Crippen molar-refractivity contribution in [1.82, 2.24) is 4.59 Å². The summed E-state index contributed by atoms with van der Waals surface area (Å²) in [5.41, 5.74) is 1.05. The molecule has 1 unspecified atom stereocenters. The molecule has 5 heteroatoms. The summed E-state index contributed by atoms with van der Waals surface area (Å²) in [5.74, 6) is 0.748. The van der Waals surface area contributed by atoms with Crippen molar-refractivity contribution in [3.05, 3.63) is 29.3 Å². The monoisotopic (exact) mass is 289 g/mol. The highest BCUT2D eigenvalue weighted by atomic mass is 35.5. The number of nitriles is 1. The van der Waals surface area contributed by atoms with Crippen LogP contribution in [0.1, 0.15) is 32.6 Å². The van der Waals surface area contributed by atoms with Crippen LogP contribution in [0.4, 0.5) is 5.69 Å². The Kier molecular flexibility index (Phi) is 4.89. The number of halogens is 1. The molecule has 4 nitrogen and oxygen atoms in total. The quantitative estimate of drug-likeness (QED) is 0.727. The Morgan fingerprint density at radius 3 is 2.70 bits per heavy atom. The molecule has 104 valence electrons. The molecule has 0 amide bonds. The van der Waals surface area contributed by atoms with E-state index in [1.807, 2.05) is 30.6 Å². The molecule has 0 fully saturated rings. The molecule has 0 N–H and O–H groups in total. The lowest BCUT2D eigenvalue weighted by molar-refractivity contribution is 0.439. The van der Waals surface area contributed by atoms with Gasteiger partial charge in [0.05, 0.1) is 6.07 Å².